The molecule has 0 radical (unpaired) electrons. The molecule has 0 spiro atoms. The van der Waals surface area contributed by atoms with Gasteiger partial charge in [0.05, 0.1) is 5.02 Å². The molecule has 1 aliphatic rings. The molecule has 2 N–H and O–H groups in total. The van der Waals surface area contributed by atoms with Gasteiger partial charge in [-0.15, -0.1) is 0 Å². The van der Waals surface area contributed by atoms with Crippen molar-refractivity contribution in [2.75, 3.05) is 5.32 Å². The third-order valence-corrected chi connectivity index (χ3v) is 4.04. The summed E-state index contributed by atoms with van der Waals surface area (Å²) in [5.41, 5.74) is 0.214. The number of hydrogen-bond acceptors (Lipinski definition) is 3. The van der Waals surface area contributed by atoms with Crippen molar-refractivity contribution in [3.05, 3.63) is 22.3 Å². The van der Waals surface area contributed by atoms with E-state index in [2.05, 4.69) is 43.3 Å². The SMILES string of the molecule is CC1(C)CC(Nc2ccc(Cl)c(Cl)n2)CC(C)(C)N1. The largest absolute Gasteiger partial charge is 0.367 e. The Kier molecular flexibility index (Phi) is 4.01. The second-order valence-electron chi connectivity index (χ2n) is 6.61. The Hall–Kier alpha value is -0.510. The zero-order valence-corrected chi connectivity index (χ0v) is 13.4. The summed E-state index contributed by atoms with van der Waals surface area (Å²) in [6.45, 7) is 8.91. The Morgan fingerprint density at radius 1 is 1.16 bits per heavy atom. The van der Waals surface area contributed by atoms with Crippen molar-refractivity contribution in [2.24, 2.45) is 0 Å². The van der Waals surface area contributed by atoms with Crippen LogP contribution in [0, 0.1) is 0 Å². The Morgan fingerprint density at radius 3 is 2.26 bits per heavy atom. The number of nitrogens with one attached hydrogen (secondary N) is 2. The molecule has 0 unspecified atom stereocenters. The minimum absolute atomic E-state index is 0.107. The molecule has 0 aromatic carbocycles. The number of anilines is 1. The van der Waals surface area contributed by atoms with Crippen LogP contribution in [0.5, 0.6) is 0 Å². The first-order valence-electron chi connectivity index (χ1n) is 6.55. The van der Waals surface area contributed by atoms with Crippen LogP contribution in [0.25, 0.3) is 0 Å². The van der Waals surface area contributed by atoms with Crippen LogP contribution in [0.15, 0.2) is 12.1 Å². The molecule has 0 atom stereocenters. The minimum Gasteiger partial charge on any atom is -0.367 e. The second kappa shape index (κ2) is 5.12. The molecule has 1 aromatic heterocycles. The lowest BCUT2D eigenvalue weighted by Crippen LogP contribution is -2.60. The molecule has 1 fully saturated rings. The molecule has 3 nitrogen and oxygen atoms in total. The van der Waals surface area contributed by atoms with E-state index in [0.29, 0.717) is 16.2 Å². The van der Waals surface area contributed by atoms with Crippen molar-refractivity contribution in [3.8, 4) is 0 Å². The van der Waals surface area contributed by atoms with Crippen molar-refractivity contribution in [1.29, 1.82) is 0 Å². The first-order valence-corrected chi connectivity index (χ1v) is 7.30. The lowest BCUT2D eigenvalue weighted by Gasteiger charge is -2.46. The van der Waals surface area contributed by atoms with Gasteiger partial charge in [0.1, 0.15) is 11.0 Å². The van der Waals surface area contributed by atoms with Crippen molar-refractivity contribution in [1.82, 2.24) is 10.3 Å². The predicted octanol–water partition coefficient (Wildman–Crippen LogP) is 4.11. The van der Waals surface area contributed by atoms with E-state index in [1.54, 1.807) is 6.07 Å². The average molecular weight is 302 g/mol. The fourth-order valence-electron chi connectivity index (χ4n) is 3.13. The Bertz CT molecular complexity index is 456. The number of pyridine rings is 1. The minimum atomic E-state index is 0.107. The smallest absolute Gasteiger partial charge is 0.150 e. The van der Waals surface area contributed by atoms with Gasteiger partial charge in [-0.05, 0) is 52.7 Å². The van der Waals surface area contributed by atoms with Gasteiger partial charge in [-0.2, -0.15) is 0 Å². The molecular weight excluding hydrogens is 281 g/mol. The third kappa shape index (κ3) is 3.98. The van der Waals surface area contributed by atoms with Gasteiger partial charge in [0.25, 0.3) is 0 Å². The van der Waals surface area contributed by atoms with Crippen LogP contribution >= 0.6 is 23.2 Å². The maximum Gasteiger partial charge on any atom is 0.150 e. The molecule has 2 heterocycles. The summed E-state index contributed by atoms with van der Waals surface area (Å²) in [6.07, 6.45) is 2.08. The second-order valence-corrected chi connectivity index (χ2v) is 7.38. The molecule has 1 aliphatic heterocycles. The molecule has 1 aromatic rings. The van der Waals surface area contributed by atoms with Crippen LogP contribution < -0.4 is 10.6 Å². The molecule has 1 saturated heterocycles. The highest BCUT2D eigenvalue weighted by Crippen LogP contribution is 2.30. The summed E-state index contributed by atoms with van der Waals surface area (Å²) in [7, 11) is 0. The molecule has 0 saturated carbocycles. The first kappa shape index (κ1) is 14.9. The van der Waals surface area contributed by atoms with E-state index in [4.69, 9.17) is 23.2 Å². The molecule has 0 amide bonds. The lowest BCUT2D eigenvalue weighted by atomic mass is 9.79. The lowest BCUT2D eigenvalue weighted by molar-refractivity contribution is 0.170. The highest BCUT2D eigenvalue weighted by Gasteiger charge is 2.37. The molecule has 0 aliphatic carbocycles. The van der Waals surface area contributed by atoms with Gasteiger partial charge in [0.15, 0.2) is 0 Å². The van der Waals surface area contributed by atoms with Crippen molar-refractivity contribution >= 4 is 29.0 Å². The number of hydrogen-bond donors (Lipinski definition) is 2. The number of halogens is 2. The highest BCUT2D eigenvalue weighted by atomic mass is 35.5. The zero-order chi connectivity index (χ0) is 14.3. The van der Waals surface area contributed by atoms with E-state index in [0.717, 1.165) is 18.7 Å². The van der Waals surface area contributed by atoms with Crippen molar-refractivity contribution in [2.45, 2.75) is 57.7 Å². The monoisotopic (exact) mass is 301 g/mol. The Labute approximate surface area is 125 Å². The third-order valence-electron chi connectivity index (χ3n) is 3.35. The van der Waals surface area contributed by atoms with E-state index in [1.807, 2.05) is 6.07 Å². The van der Waals surface area contributed by atoms with Crippen molar-refractivity contribution < 1.29 is 0 Å². The summed E-state index contributed by atoms with van der Waals surface area (Å²) >= 11 is 11.8. The summed E-state index contributed by atoms with van der Waals surface area (Å²) in [5.74, 6) is 0.785. The van der Waals surface area contributed by atoms with Gasteiger partial charge >= 0.3 is 0 Å². The average Bonchev–Trinajstić information content (AvgIpc) is 2.18. The summed E-state index contributed by atoms with van der Waals surface area (Å²) in [5, 5.41) is 7.96. The van der Waals surface area contributed by atoms with Gasteiger partial charge in [-0.1, -0.05) is 23.2 Å². The number of nitrogens with zero attached hydrogens (tertiary/aromatic N) is 1. The van der Waals surface area contributed by atoms with E-state index >= 15 is 0 Å². The predicted molar refractivity (Wildman–Crippen MR) is 82.2 cm³/mol. The van der Waals surface area contributed by atoms with Gasteiger partial charge in [-0.3, -0.25) is 0 Å². The van der Waals surface area contributed by atoms with E-state index in [9.17, 15) is 0 Å². The van der Waals surface area contributed by atoms with Crippen LogP contribution in [0.4, 0.5) is 5.82 Å². The zero-order valence-electron chi connectivity index (χ0n) is 11.8. The molecule has 19 heavy (non-hydrogen) atoms. The van der Waals surface area contributed by atoms with Crippen LogP contribution in [0.1, 0.15) is 40.5 Å². The summed E-state index contributed by atoms with van der Waals surface area (Å²) in [6, 6.07) is 4.02. The highest BCUT2D eigenvalue weighted by molar-refractivity contribution is 6.41. The number of rotatable bonds is 2. The van der Waals surface area contributed by atoms with Crippen molar-refractivity contribution in [3.63, 3.8) is 0 Å². The number of piperidine rings is 1. The van der Waals surface area contributed by atoms with Gasteiger partial charge in [0.2, 0.25) is 0 Å². The van der Waals surface area contributed by atoms with Gasteiger partial charge < -0.3 is 10.6 Å². The van der Waals surface area contributed by atoms with Crippen LogP contribution in [-0.4, -0.2) is 22.1 Å². The molecular formula is C14H21Cl2N3. The quantitative estimate of drug-likeness (QED) is 0.807. The van der Waals surface area contributed by atoms with Crippen LogP contribution in [0.3, 0.4) is 0 Å². The fourth-order valence-corrected chi connectivity index (χ4v) is 3.39. The molecule has 106 valence electrons. The maximum atomic E-state index is 5.95. The number of aromatic nitrogens is 1. The first-order chi connectivity index (χ1) is 8.67. The normalized spacial score (nSPS) is 22.2. The fraction of sp³-hybridized carbons (Fsp3) is 0.643. The Balaban J connectivity index is 2.11. The summed E-state index contributed by atoms with van der Waals surface area (Å²) < 4.78 is 0. The Morgan fingerprint density at radius 2 is 1.74 bits per heavy atom. The van der Waals surface area contributed by atoms with Crippen LogP contribution in [0.2, 0.25) is 10.2 Å². The molecule has 5 heteroatoms. The van der Waals surface area contributed by atoms with E-state index < -0.39 is 0 Å². The van der Waals surface area contributed by atoms with Gasteiger partial charge in [-0.25, -0.2) is 4.98 Å². The molecule has 0 bridgehead atoms. The van der Waals surface area contributed by atoms with Crippen LogP contribution in [-0.2, 0) is 0 Å². The van der Waals surface area contributed by atoms with E-state index in [1.165, 1.54) is 0 Å². The standard InChI is InChI=1S/C14H21Cl2N3/c1-13(2)7-9(8-14(3,4)19-13)17-11-6-5-10(15)12(16)18-11/h5-6,9,19H,7-8H2,1-4H3,(H,17,18). The van der Waals surface area contributed by atoms with E-state index in [-0.39, 0.29) is 11.1 Å². The van der Waals surface area contributed by atoms with Gasteiger partial charge in [0, 0.05) is 17.1 Å². The summed E-state index contributed by atoms with van der Waals surface area (Å²) in [4.78, 5) is 4.26. The molecule has 2 rings (SSSR count). The maximum absolute atomic E-state index is 5.95. The topological polar surface area (TPSA) is 37.0 Å².